The van der Waals surface area contributed by atoms with E-state index in [1.807, 2.05) is 12.1 Å². The average molecular weight is 238 g/mol. The van der Waals surface area contributed by atoms with Gasteiger partial charge in [0.05, 0.1) is 6.10 Å². The van der Waals surface area contributed by atoms with Crippen LogP contribution in [0.15, 0.2) is 24.3 Å². The number of thioether (sulfide) groups is 1. The first-order valence-corrected chi connectivity index (χ1v) is 6.82. The van der Waals surface area contributed by atoms with Crippen LogP contribution in [0.4, 0.5) is 0 Å². The lowest BCUT2D eigenvalue weighted by Crippen LogP contribution is -2.12. The Balaban J connectivity index is 2.62. The Bertz CT molecular complexity index is 328. The molecule has 1 rings (SSSR count). The summed E-state index contributed by atoms with van der Waals surface area (Å²) in [4.78, 5) is 0. The van der Waals surface area contributed by atoms with Crippen LogP contribution in [0.25, 0.3) is 0 Å². The maximum Gasteiger partial charge on any atom is 0.0880 e. The van der Waals surface area contributed by atoms with Gasteiger partial charge in [-0.25, -0.2) is 0 Å². The summed E-state index contributed by atoms with van der Waals surface area (Å²) in [6.45, 7) is 8.65. The lowest BCUT2D eigenvalue weighted by atomic mass is 10.1. The van der Waals surface area contributed by atoms with E-state index in [1.165, 1.54) is 5.56 Å². The lowest BCUT2D eigenvalue weighted by Gasteiger charge is -2.20. The fraction of sp³-hybridized carbons (Fsp3) is 0.571. The molecule has 16 heavy (non-hydrogen) atoms. The van der Waals surface area contributed by atoms with E-state index in [2.05, 4.69) is 39.8 Å². The predicted molar refractivity (Wildman–Crippen MR) is 73.0 cm³/mol. The maximum absolute atomic E-state index is 10.1. The van der Waals surface area contributed by atoms with Crippen molar-refractivity contribution >= 4 is 11.8 Å². The average Bonchev–Trinajstić information content (AvgIpc) is 2.25. The molecule has 0 saturated heterocycles. The first-order chi connectivity index (χ1) is 7.42. The van der Waals surface area contributed by atoms with Crippen molar-refractivity contribution in [3.8, 4) is 0 Å². The van der Waals surface area contributed by atoms with E-state index in [0.29, 0.717) is 0 Å². The van der Waals surface area contributed by atoms with Crippen LogP contribution in [0.2, 0.25) is 0 Å². The number of rotatable bonds is 4. The van der Waals surface area contributed by atoms with Crippen molar-refractivity contribution in [1.82, 2.24) is 0 Å². The third-order valence-electron chi connectivity index (χ3n) is 2.42. The molecule has 0 fully saturated rings. The van der Waals surface area contributed by atoms with Crippen molar-refractivity contribution < 1.29 is 5.11 Å². The lowest BCUT2D eigenvalue weighted by molar-refractivity contribution is 0.203. The van der Waals surface area contributed by atoms with E-state index in [9.17, 15) is 5.11 Å². The molecular formula is C14H22OS. The molecule has 2 heteroatoms. The van der Waals surface area contributed by atoms with Crippen LogP contribution < -0.4 is 0 Å². The molecule has 90 valence electrons. The minimum Gasteiger partial charge on any atom is -0.388 e. The summed E-state index contributed by atoms with van der Waals surface area (Å²) >= 11 is 1.80. The Hall–Kier alpha value is -0.470. The summed E-state index contributed by atoms with van der Waals surface area (Å²) in [5.41, 5.74) is 2.33. The molecule has 1 aromatic rings. The molecule has 0 bridgehead atoms. The van der Waals surface area contributed by atoms with E-state index in [-0.39, 0.29) is 10.9 Å². The van der Waals surface area contributed by atoms with E-state index in [4.69, 9.17) is 0 Å². The van der Waals surface area contributed by atoms with Gasteiger partial charge in [0.15, 0.2) is 0 Å². The molecule has 0 spiro atoms. The van der Waals surface area contributed by atoms with Crippen LogP contribution >= 0.6 is 11.8 Å². The predicted octanol–water partition coefficient (Wildman–Crippen LogP) is 3.81. The van der Waals surface area contributed by atoms with Crippen molar-refractivity contribution in [2.45, 2.75) is 45.0 Å². The van der Waals surface area contributed by atoms with Gasteiger partial charge >= 0.3 is 0 Å². The quantitative estimate of drug-likeness (QED) is 0.860. The van der Waals surface area contributed by atoms with Gasteiger partial charge in [0, 0.05) is 10.5 Å². The van der Waals surface area contributed by atoms with E-state index < -0.39 is 0 Å². The number of aliphatic hydroxyl groups is 1. The smallest absolute Gasteiger partial charge is 0.0880 e. The van der Waals surface area contributed by atoms with Gasteiger partial charge in [0.25, 0.3) is 0 Å². The van der Waals surface area contributed by atoms with Gasteiger partial charge in [0.1, 0.15) is 0 Å². The number of hydrogen-bond donors (Lipinski definition) is 1. The Morgan fingerprint density at radius 2 is 2.00 bits per heavy atom. The fourth-order valence-corrected chi connectivity index (χ4v) is 2.30. The van der Waals surface area contributed by atoms with Crippen LogP contribution in [0.1, 0.15) is 44.9 Å². The van der Waals surface area contributed by atoms with Crippen molar-refractivity contribution in [1.29, 1.82) is 0 Å². The highest BCUT2D eigenvalue weighted by atomic mass is 32.2. The van der Waals surface area contributed by atoms with Crippen molar-refractivity contribution in [2.24, 2.45) is 0 Å². The van der Waals surface area contributed by atoms with Crippen molar-refractivity contribution in [2.75, 3.05) is 5.75 Å². The second kappa shape index (κ2) is 5.74. The number of hydrogen-bond acceptors (Lipinski definition) is 2. The second-order valence-corrected chi connectivity index (χ2v) is 6.88. The number of benzene rings is 1. The highest BCUT2D eigenvalue weighted by Crippen LogP contribution is 2.28. The van der Waals surface area contributed by atoms with Gasteiger partial charge in [-0.2, -0.15) is 11.8 Å². The Morgan fingerprint density at radius 1 is 1.31 bits per heavy atom. The minimum atomic E-state index is -0.351. The van der Waals surface area contributed by atoms with E-state index in [1.54, 1.807) is 11.8 Å². The van der Waals surface area contributed by atoms with Crippen LogP contribution in [-0.2, 0) is 6.42 Å². The summed E-state index contributed by atoms with van der Waals surface area (Å²) < 4.78 is 0.212. The molecule has 1 unspecified atom stereocenters. The van der Waals surface area contributed by atoms with Gasteiger partial charge in [0.2, 0.25) is 0 Å². The van der Waals surface area contributed by atoms with E-state index >= 15 is 0 Å². The molecule has 0 amide bonds. The zero-order valence-electron chi connectivity index (χ0n) is 10.7. The molecule has 0 radical (unpaired) electrons. The summed E-state index contributed by atoms with van der Waals surface area (Å²) in [6, 6.07) is 8.24. The van der Waals surface area contributed by atoms with Gasteiger partial charge in [-0.15, -0.1) is 0 Å². The largest absolute Gasteiger partial charge is 0.388 e. The Labute approximate surface area is 103 Å². The molecule has 1 aromatic carbocycles. The summed E-state index contributed by atoms with van der Waals surface area (Å²) in [6.07, 6.45) is 0.670. The topological polar surface area (TPSA) is 20.2 Å². The highest BCUT2D eigenvalue weighted by Gasteiger charge is 2.15. The van der Waals surface area contributed by atoms with Crippen molar-refractivity contribution in [3.05, 3.63) is 35.4 Å². The molecule has 1 N–H and O–H groups in total. The Kier molecular flexibility index (Phi) is 4.88. The molecule has 0 saturated carbocycles. The fourth-order valence-electron chi connectivity index (χ4n) is 1.45. The van der Waals surface area contributed by atoms with Crippen molar-refractivity contribution in [3.63, 3.8) is 0 Å². The first-order valence-electron chi connectivity index (χ1n) is 5.83. The molecule has 0 aromatic heterocycles. The first kappa shape index (κ1) is 13.6. The van der Waals surface area contributed by atoms with Crippen LogP contribution in [0.5, 0.6) is 0 Å². The standard InChI is InChI=1S/C14H22OS/c1-5-11-7-6-8-12(9-11)13(15)10-16-14(2,3)4/h6-9,13,15H,5,10H2,1-4H3. The maximum atomic E-state index is 10.1. The van der Waals surface area contributed by atoms with Gasteiger partial charge in [-0.3, -0.25) is 0 Å². The summed E-state index contributed by atoms with van der Waals surface area (Å²) in [5.74, 6) is 0.761. The third kappa shape index (κ3) is 4.58. The van der Waals surface area contributed by atoms with Crippen LogP contribution in [-0.4, -0.2) is 15.6 Å². The van der Waals surface area contributed by atoms with Gasteiger partial charge < -0.3 is 5.11 Å². The zero-order chi connectivity index (χ0) is 12.2. The monoisotopic (exact) mass is 238 g/mol. The van der Waals surface area contributed by atoms with Gasteiger partial charge in [-0.1, -0.05) is 52.0 Å². The normalized spacial score (nSPS) is 13.8. The molecule has 0 aliphatic carbocycles. The van der Waals surface area contributed by atoms with Crippen LogP contribution in [0, 0.1) is 0 Å². The molecule has 1 nitrogen and oxygen atoms in total. The number of aliphatic hydroxyl groups excluding tert-OH is 1. The molecule has 0 heterocycles. The molecule has 1 atom stereocenters. The second-order valence-electron chi connectivity index (χ2n) is 5.04. The molecular weight excluding hydrogens is 216 g/mol. The minimum absolute atomic E-state index is 0.212. The van der Waals surface area contributed by atoms with E-state index in [0.717, 1.165) is 17.7 Å². The Morgan fingerprint density at radius 3 is 2.56 bits per heavy atom. The van der Waals surface area contributed by atoms with Gasteiger partial charge in [-0.05, 0) is 17.5 Å². The molecule has 0 aliphatic rings. The molecule has 0 aliphatic heterocycles. The summed E-state index contributed by atoms with van der Waals surface area (Å²) in [5, 5.41) is 10.1. The highest BCUT2D eigenvalue weighted by molar-refractivity contribution is 8.00. The zero-order valence-corrected chi connectivity index (χ0v) is 11.5. The SMILES string of the molecule is CCc1cccc(C(O)CSC(C)(C)C)c1. The summed E-state index contributed by atoms with van der Waals surface area (Å²) in [7, 11) is 0. The number of aryl methyl sites for hydroxylation is 1. The van der Waals surface area contributed by atoms with Crippen LogP contribution in [0.3, 0.4) is 0 Å². The third-order valence-corrected chi connectivity index (χ3v) is 3.77.